The lowest BCUT2D eigenvalue weighted by atomic mass is 9.45. The quantitative estimate of drug-likeness (QED) is 0.567. The average Bonchev–Trinajstić information content (AvgIpc) is 2.78. The molecule has 0 amide bonds. The van der Waals surface area contributed by atoms with Gasteiger partial charge in [-0.25, -0.2) is 4.68 Å². The first-order valence-corrected chi connectivity index (χ1v) is 12.2. The molecule has 6 nitrogen and oxygen atoms in total. The number of rotatable bonds is 8. The average molecular weight is 502 g/mol. The van der Waals surface area contributed by atoms with Gasteiger partial charge in [0.05, 0.1) is 19.0 Å². The summed E-state index contributed by atoms with van der Waals surface area (Å²) in [5, 5.41) is 7.84. The van der Waals surface area contributed by atoms with Gasteiger partial charge < -0.3 is 10.1 Å². The van der Waals surface area contributed by atoms with Gasteiger partial charge in [0.25, 0.3) is 5.56 Å². The van der Waals surface area contributed by atoms with Crippen LogP contribution in [0.3, 0.4) is 0 Å². The van der Waals surface area contributed by atoms with Gasteiger partial charge in [0.1, 0.15) is 16.8 Å². The lowest BCUT2D eigenvalue weighted by Gasteiger charge is -2.62. The van der Waals surface area contributed by atoms with E-state index in [-0.39, 0.29) is 17.9 Å². The molecule has 0 saturated heterocycles. The molecule has 1 aromatic carbocycles. The Labute approximate surface area is 197 Å². The number of benzene rings is 1. The fourth-order valence-corrected chi connectivity index (χ4v) is 6.07. The Kier molecular flexibility index (Phi) is 6.48. The molecule has 2 bridgehead atoms. The smallest absolute Gasteiger partial charge is 0.283 e. The van der Waals surface area contributed by atoms with Crippen molar-refractivity contribution in [3.63, 3.8) is 0 Å². The van der Waals surface area contributed by atoms with Crippen molar-refractivity contribution >= 4 is 27.4 Å². The number of anilines is 1. The number of nitrogens with one attached hydrogen (secondary N) is 1. The van der Waals surface area contributed by atoms with E-state index in [9.17, 15) is 9.59 Å². The van der Waals surface area contributed by atoms with Crippen molar-refractivity contribution in [3.05, 3.63) is 50.9 Å². The van der Waals surface area contributed by atoms with Crippen molar-refractivity contribution < 1.29 is 9.53 Å². The first-order chi connectivity index (χ1) is 15.2. The Morgan fingerprint density at radius 2 is 2.06 bits per heavy atom. The summed E-state index contributed by atoms with van der Waals surface area (Å²) >= 11 is 3.45. The SMILES string of the molecule is COc1ccccc1CCC(=O)Cn1ncc(N[C@@H]2C[C@H]3C[C@@H]([C@H]2C)C3(C)C)c(Br)c1=O. The van der Waals surface area contributed by atoms with E-state index in [1.165, 1.54) is 11.1 Å². The minimum Gasteiger partial charge on any atom is -0.496 e. The highest BCUT2D eigenvalue weighted by atomic mass is 79.9. The molecule has 0 spiro atoms. The molecule has 3 aliphatic rings. The van der Waals surface area contributed by atoms with Gasteiger partial charge in [0, 0.05) is 12.5 Å². The molecular weight excluding hydrogens is 470 g/mol. The van der Waals surface area contributed by atoms with Crippen molar-refractivity contribution in [1.82, 2.24) is 9.78 Å². The summed E-state index contributed by atoms with van der Waals surface area (Å²) in [7, 11) is 1.62. The predicted molar refractivity (Wildman–Crippen MR) is 129 cm³/mol. The molecule has 7 heteroatoms. The zero-order chi connectivity index (χ0) is 23.0. The molecule has 1 N–H and O–H groups in total. The monoisotopic (exact) mass is 501 g/mol. The molecule has 3 aliphatic carbocycles. The van der Waals surface area contributed by atoms with Crippen LogP contribution in [0.5, 0.6) is 5.75 Å². The van der Waals surface area contributed by atoms with E-state index in [1.807, 2.05) is 24.3 Å². The van der Waals surface area contributed by atoms with Crippen LogP contribution in [0.15, 0.2) is 39.7 Å². The molecule has 172 valence electrons. The van der Waals surface area contributed by atoms with E-state index in [1.54, 1.807) is 13.3 Å². The van der Waals surface area contributed by atoms with Crippen LogP contribution in [-0.2, 0) is 17.8 Å². The van der Waals surface area contributed by atoms with E-state index < -0.39 is 0 Å². The number of ether oxygens (including phenoxy) is 1. The first kappa shape index (κ1) is 23.0. The second-order valence-electron chi connectivity index (χ2n) is 9.89. The molecule has 0 unspecified atom stereocenters. The van der Waals surface area contributed by atoms with Gasteiger partial charge in [-0.1, -0.05) is 39.0 Å². The third-order valence-corrected chi connectivity index (χ3v) is 8.64. The Morgan fingerprint density at radius 1 is 1.31 bits per heavy atom. The van der Waals surface area contributed by atoms with Crippen LogP contribution in [0.2, 0.25) is 0 Å². The fraction of sp³-hybridized carbons (Fsp3) is 0.560. The number of nitrogens with zero attached hydrogens (tertiary/aromatic N) is 2. The molecular formula is C25H32BrN3O3. The van der Waals surface area contributed by atoms with E-state index in [4.69, 9.17) is 4.74 Å². The van der Waals surface area contributed by atoms with E-state index in [0.717, 1.165) is 23.7 Å². The van der Waals surface area contributed by atoms with E-state index >= 15 is 0 Å². The third-order valence-electron chi connectivity index (χ3n) is 7.87. The van der Waals surface area contributed by atoms with Crippen LogP contribution < -0.4 is 15.6 Å². The molecule has 1 heterocycles. The van der Waals surface area contributed by atoms with Crippen LogP contribution in [-0.4, -0.2) is 28.7 Å². The molecule has 32 heavy (non-hydrogen) atoms. The summed E-state index contributed by atoms with van der Waals surface area (Å²) in [6, 6.07) is 7.99. The molecule has 5 rings (SSSR count). The Bertz CT molecular complexity index is 1060. The van der Waals surface area contributed by atoms with Crippen molar-refractivity contribution in [2.24, 2.45) is 23.2 Å². The maximum atomic E-state index is 12.8. The van der Waals surface area contributed by atoms with Crippen molar-refractivity contribution in [3.8, 4) is 5.75 Å². The second-order valence-corrected chi connectivity index (χ2v) is 10.7. The lowest BCUT2D eigenvalue weighted by molar-refractivity contribution is -0.119. The predicted octanol–water partition coefficient (Wildman–Crippen LogP) is 4.70. The number of halogens is 1. The number of hydrogen-bond acceptors (Lipinski definition) is 5. The summed E-state index contributed by atoms with van der Waals surface area (Å²) in [5.74, 6) is 2.72. The molecule has 2 aromatic rings. The highest BCUT2D eigenvalue weighted by Crippen LogP contribution is 2.61. The number of carbonyl (C=O) groups is 1. The highest BCUT2D eigenvalue weighted by molar-refractivity contribution is 9.10. The number of fused-ring (bicyclic) bond motifs is 2. The van der Waals surface area contributed by atoms with Crippen LogP contribution >= 0.6 is 15.9 Å². The second kappa shape index (κ2) is 9.00. The summed E-state index contributed by atoms with van der Waals surface area (Å²) < 4.78 is 7.02. The number of ketones is 1. The zero-order valence-electron chi connectivity index (χ0n) is 19.2. The molecule has 4 atom stereocenters. The maximum absolute atomic E-state index is 12.8. The number of aryl methyl sites for hydroxylation is 1. The highest BCUT2D eigenvalue weighted by Gasteiger charge is 2.56. The van der Waals surface area contributed by atoms with Gasteiger partial charge in [-0.3, -0.25) is 9.59 Å². The molecule has 3 saturated carbocycles. The lowest BCUT2D eigenvalue weighted by Crippen LogP contribution is -2.58. The van der Waals surface area contributed by atoms with Crippen LogP contribution in [0.1, 0.15) is 45.6 Å². The van der Waals surface area contributed by atoms with Crippen molar-refractivity contribution in [2.75, 3.05) is 12.4 Å². The van der Waals surface area contributed by atoms with E-state index in [0.29, 0.717) is 46.3 Å². The minimum atomic E-state index is -0.283. The van der Waals surface area contributed by atoms with Crippen LogP contribution in [0, 0.1) is 23.2 Å². The summed E-state index contributed by atoms with van der Waals surface area (Å²) in [4.78, 5) is 25.4. The standard InChI is InChI=1S/C25H32BrN3O3/c1-15-19-11-17(25(19,2)3)12-20(15)28-21-13-27-29(24(31)23(21)26)14-18(30)10-9-16-7-5-6-8-22(16)32-4/h5-8,13,15,17,19-20,28H,9-12,14H2,1-4H3/t15-,17-,19+,20-/m1/s1. The normalized spacial score (nSPS) is 25.7. The topological polar surface area (TPSA) is 73.2 Å². The van der Waals surface area contributed by atoms with Gasteiger partial charge in [0.2, 0.25) is 0 Å². The maximum Gasteiger partial charge on any atom is 0.283 e. The number of Topliss-reactive ketones (excluding diaryl/α,β-unsaturated/α-hetero) is 1. The zero-order valence-corrected chi connectivity index (χ0v) is 20.8. The fourth-order valence-electron chi connectivity index (χ4n) is 5.65. The van der Waals surface area contributed by atoms with E-state index in [2.05, 4.69) is 47.1 Å². The van der Waals surface area contributed by atoms with Gasteiger partial charge in [-0.15, -0.1) is 0 Å². The number of aromatic nitrogens is 2. The summed E-state index contributed by atoms with van der Waals surface area (Å²) in [6.07, 6.45) is 4.98. The molecule has 0 radical (unpaired) electrons. The van der Waals surface area contributed by atoms with Crippen molar-refractivity contribution in [1.29, 1.82) is 0 Å². The number of carbonyl (C=O) groups excluding carboxylic acids is 1. The van der Waals surface area contributed by atoms with Gasteiger partial charge in [-0.2, -0.15) is 5.10 Å². The largest absolute Gasteiger partial charge is 0.496 e. The van der Waals surface area contributed by atoms with Gasteiger partial charge in [0.15, 0.2) is 5.78 Å². The Hall–Kier alpha value is -2.15. The number of hydrogen-bond donors (Lipinski definition) is 1. The van der Waals surface area contributed by atoms with Gasteiger partial charge in [-0.05, 0) is 70.0 Å². The summed E-state index contributed by atoms with van der Waals surface area (Å²) in [6.45, 7) is 7.03. The van der Waals surface area contributed by atoms with Crippen molar-refractivity contribution in [2.45, 2.75) is 59.0 Å². The Morgan fingerprint density at radius 3 is 2.75 bits per heavy atom. The van der Waals surface area contributed by atoms with Crippen LogP contribution in [0.25, 0.3) is 0 Å². The molecule has 3 fully saturated rings. The summed E-state index contributed by atoms with van der Waals surface area (Å²) in [5.41, 5.74) is 1.83. The minimum absolute atomic E-state index is 0.0367. The Balaban J connectivity index is 1.39. The number of methoxy groups -OCH3 is 1. The van der Waals surface area contributed by atoms with Gasteiger partial charge >= 0.3 is 0 Å². The number of para-hydroxylation sites is 1. The molecule has 1 aromatic heterocycles. The first-order valence-electron chi connectivity index (χ1n) is 11.4. The molecule has 0 aliphatic heterocycles. The third kappa shape index (κ3) is 4.24. The van der Waals surface area contributed by atoms with Crippen LogP contribution in [0.4, 0.5) is 5.69 Å².